The highest BCUT2D eigenvalue weighted by Gasteiger charge is 2.33. The number of hydrogen-bond acceptors (Lipinski definition) is 4. The van der Waals surface area contributed by atoms with Crippen molar-refractivity contribution in [1.29, 1.82) is 0 Å². The topological polar surface area (TPSA) is 37.4 Å². The van der Waals surface area contributed by atoms with Gasteiger partial charge in [-0.2, -0.15) is 0 Å². The molecule has 0 aromatic heterocycles. The first-order valence-corrected chi connectivity index (χ1v) is 11.2. The van der Waals surface area contributed by atoms with Gasteiger partial charge >= 0.3 is 0 Å². The van der Waals surface area contributed by atoms with E-state index in [1.165, 1.54) is 4.90 Å². The Balaban J connectivity index is 1.47. The largest absolute Gasteiger partial charge is 0.292 e. The van der Waals surface area contributed by atoms with Gasteiger partial charge in [-0.05, 0) is 46.7 Å². The zero-order valence-electron chi connectivity index (χ0n) is 15.7. The molecule has 0 saturated carbocycles. The van der Waals surface area contributed by atoms with Gasteiger partial charge in [-0.15, -0.1) is 0 Å². The summed E-state index contributed by atoms with van der Waals surface area (Å²) >= 11 is 9.94. The SMILES string of the molecule is O=C(CN1C(=O)S/C(=C/c2ccc(Br)cc2)C1=S)c1ccc(-c2ccccc2)cc1. The standard InChI is InChI=1S/C24H16BrNO2S2/c25-20-12-6-16(7-13-20)14-22-23(29)26(24(28)30-22)15-21(27)19-10-8-18(9-11-19)17-4-2-1-3-5-17/h1-14H,15H2/b22-14+. The molecule has 30 heavy (non-hydrogen) atoms. The monoisotopic (exact) mass is 493 g/mol. The molecule has 0 bridgehead atoms. The summed E-state index contributed by atoms with van der Waals surface area (Å²) in [5.41, 5.74) is 3.63. The molecule has 4 rings (SSSR count). The van der Waals surface area contributed by atoms with Gasteiger partial charge in [0.25, 0.3) is 5.24 Å². The molecular weight excluding hydrogens is 478 g/mol. The van der Waals surface area contributed by atoms with E-state index in [4.69, 9.17) is 12.2 Å². The minimum Gasteiger partial charge on any atom is -0.292 e. The quantitative estimate of drug-likeness (QED) is 0.221. The molecule has 0 unspecified atom stereocenters. The van der Waals surface area contributed by atoms with Gasteiger partial charge in [-0.1, -0.05) is 94.9 Å². The molecule has 3 aromatic rings. The maximum Gasteiger partial charge on any atom is 0.292 e. The van der Waals surface area contributed by atoms with Crippen LogP contribution >= 0.6 is 39.9 Å². The van der Waals surface area contributed by atoms with Gasteiger partial charge in [-0.3, -0.25) is 14.5 Å². The molecule has 1 amide bonds. The third-order valence-corrected chi connectivity index (χ3v) is 6.68. The van der Waals surface area contributed by atoms with Gasteiger partial charge < -0.3 is 0 Å². The highest BCUT2D eigenvalue weighted by Crippen LogP contribution is 2.33. The lowest BCUT2D eigenvalue weighted by Crippen LogP contribution is -2.32. The lowest BCUT2D eigenvalue weighted by Gasteiger charge is -2.14. The van der Waals surface area contributed by atoms with E-state index in [0.29, 0.717) is 15.5 Å². The zero-order chi connectivity index (χ0) is 21.1. The van der Waals surface area contributed by atoms with E-state index in [1.54, 1.807) is 12.1 Å². The number of hydrogen-bond donors (Lipinski definition) is 0. The fourth-order valence-electron chi connectivity index (χ4n) is 3.06. The second-order valence-corrected chi connectivity index (χ2v) is 8.98. The van der Waals surface area contributed by atoms with Gasteiger partial charge in [0.2, 0.25) is 0 Å². The van der Waals surface area contributed by atoms with Crippen LogP contribution in [0.3, 0.4) is 0 Å². The minimum atomic E-state index is -0.224. The van der Waals surface area contributed by atoms with E-state index >= 15 is 0 Å². The number of rotatable bonds is 5. The van der Waals surface area contributed by atoms with Crippen LogP contribution in [0.15, 0.2) is 88.2 Å². The summed E-state index contributed by atoms with van der Waals surface area (Å²) in [7, 11) is 0. The second kappa shape index (κ2) is 9.08. The van der Waals surface area contributed by atoms with Gasteiger partial charge in [0.1, 0.15) is 4.99 Å². The van der Waals surface area contributed by atoms with Crippen LogP contribution in [-0.4, -0.2) is 27.5 Å². The van der Waals surface area contributed by atoms with E-state index < -0.39 is 0 Å². The van der Waals surface area contributed by atoms with Crippen LogP contribution < -0.4 is 0 Å². The third-order valence-electron chi connectivity index (χ3n) is 4.66. The van der Waals surface area contributed by atoms with Crippen LogP contribution in [0.25, 0.3) is 17.2 Å². The van der Waals surface area contributed by atoms with Crippen LogP contribution in [0.2, 0.25) is 0 Å². The van der Waals surface area contributed by atoms with Gasteiger partial charge in [-0.25, -0.2) is 0 Å². The summed E-state index contributed by atoms with van der Waals surface area (Å²) in [6, 6.07) is 25.1. The highest BCUT2D eigenvalue weighted by molar-refractivity contribution is 9.10. The van der Waals surface area contributed by atoms with Crippen LogP contribution in [0, 0.1) is 0 Å². The Morgan fingerprint density at radius 2 is 1.57 bits per heavy atom. The van der Waals surface area contributed by atoms with Crippen LogP contribution in [-0.2, 0) is 0 Å². The van der Waals surface area contributed by atoms with Crippen molar-refractivity contribution < 1.29 is 9.59 Å². The fraction of sp³-hybridized carbons (Fsp3) is 0.0417. The van der Waals surface area contributed by atoms with Crippen molar-refractivity contribution in [3.8, 4) is 11.1 Å². The molecule has 3 aromatic carbocycles. The van der Waals surface area contributed by atoms with E-state index in [0.717, 1.165) is 32.9 Å². The second-order valence-electron chi connectivity index (χ2n) is 6.69. The average molecular weight is 494 g/mol. The maximum atomic E-state index is 12.8. The molecule has 148 valence electrons. The lowest BCUT2D eigenvalue weighted by molar-refractivity contribution is 0.0973. The molecule has 1 heterocycles. The summed E-state index contributed by atoms with van der Waals surface area (Å²) in [5.74, 6) is -0.143. The van der Waals surface area contributed by atoms with Gasteiger partial charge in [0.05, 0.1) is 11.4 Å². The van der Waals surface area contributed by atoms with Crippen molar-refractivity contribution in [3.63, 3.8) is 0 Å². The summed E-state index contributed by atoms with van der Waals surface area (Å²) in [5, 5.41) is -0.224. The first kappa shape index (κ1) is 20.7. The number of carbonyl (C=O) groups excluding carboxylic acids is 2. The molecule has 1 aliphatic rings. The average Bonchev–Trinajstić information content (AvgIpc) is 3.03. The Bertz CT molecular complexity index is 1140. The van der Waals surface area contributed by atoms with Crippen molar-refractivity contribution >= 4 is 62.0 Å². The van der Waals surface area contributed by atoms with E-state index in [1.807, 2.05) is 72.8 Å². The van der Waals surface area contributed by atoms with Gasteiger partial charge in [0, 0.05) is 10.0 Å². The van der Waals surface area contributed by atoms with Crippen LogP contribution in [0.5, 0.6) is 0 Å². The molecule has 3 nitrogen and oxygen atoms in total. The molecule has 1 aliphatic heterocycles. The summed E-state index contributed by atoms with van der Waals surface area (Å²) in [6.07, 6.45) is 1.87. The first-order chi connectivity index (χ1) is 14.5. The predicted octanol–water partition coefficient (Wildman–Crippen LogP) is 6.84. The molecule has 1 saturated heterocycles. The smallest absolute Gasteiger partial charge is 0.292 e. The van der Waals surface area contributed by atoms with Crippen molar-refractivity contribution in [2.45, 2.75) is 0 Å². The number of Topliss-reactive ketones (excluding diaryl/α,β-unsaturated/α-hetero) is 1. The summed E-state index contributed by atoms with van der Waals surface area (Å²) in [4.78, 5) is 27.6. The van der Waals surface area contributed by atoms with E-state index in [9.17, 15) is 9.59 Å². The first-order valence-electron chi connectivity index (χ1n) is 9.21. The molecule has 0 atom stereocenters. The highest BCUT2D eigenvalue weighted by atomic mass is 79.9. The number of thiocarbonyl (C=S) groups is 1. The Morgan fingerprint density at radius 3 is 2.23 bits per heavy atom. The van der Waals surface area contributed by atoms with E-state index in [2.05, 4.69) is 15.9 Å². The van der Waals surface area contributed by atoms with Crippen molar-refractivity contribution in [2.75, 3.05) is 6.54 Å². The molecular formula is C24H16BrNO2S2. The predicted molar refractivity (Wildman–Crippen MR) is 131 cm³/mol. The number of amides is 1. The molecule has 0 spiro atoms. The van der Waals surface area contributed by atoms with Crippen molar-refractivity contribution in [3.05, 3.63) is 99.4 Å². The lowest BCUT2D eigenvalue weighted by atomic mass is 10.0. The third kappa shape index (κ3) is 4.61. The molecule has 6 heteroatoms. The zero-order valence-corrected chi connectivity index (χ0v) is 19.0. The number of benzene rings is 3. The van der Waals surface area contributed by atoms with Crippen LogP contribution in [0.1, 0.15) is 15.9 Å². The van der Waals surface area contributed by atoms with E-state index in [-0.39, 0.29) is 17.6 Å². The molecule has 0 radical (unpaired) electrons. The number of carbonyl (C=O) groups is 2. The summed E-state index contributed by atoms with van der Waals surface area (Å²) < 4.78 is 0.980. The van der Waals surface area contributed by atoms with Crippen molar-refractivity contribution in [2.24, 2.45) is 0 Å². The molecule has 1 fully saturated rings. The Morgan fingerprint density at radius 1 is 0.933 bits per heavy atom. The minimum absolute atomic E-state index is 0.0625. The number of ketones is 1. The molecule has 0 N–H and O–H groups in total. The normalized spacial score (nSPS) is 15.1. The number of halogens is 1. The molecule has 0 aliphatic carbocycles. The Labute approximate surface area is 192 Å². The van der Waals surface area contributed by atoms with Crippen LogP contribution in [0.4, 0.5) is 4.79 Å². The van der Waals surface area contributed by atoms with Crippen molar-refractivity contribution in [1.82, 2.24) is 4.90 Å². The Kier molecular flexibility index (Phi) is 6.27. The summed E-state index contributed by atoms with van der Waals surface area (Å²) in [6.45, 7) is -0.0625. The number of thioether (sulfide) groups is 1. The fourth-order valence-corrected chi connectivity index (χ4v) is 4.56. The Hall–Kier alpha value is -2.54. The maximum absolute atomic E-state index is 12.8. The van der Waals surface area contributed by atoms with Gasteiger partial charge in [0.15, 0.2) is 5.78 Å². The number of nitrogens with zero attached hydrogens (tertiary/aromatic N) is 1.